The van der Waals surface area contributed by atoms with E-state index in [2.05, 4.69) is 82.2 Å². The van der Waals surface area contributed by atoms with E-state index in [4.69, 9.17) is 4.98 Å². The van der Waals surface area contributed by atoms with E-state index < -0.39 is 0 Å². The van der Waals surface area contributed by atoms with Gasteiger partial charge in [0, 0.05) is 51.9 Å². The smallest absolute Gasteiger partial charge is 0.254 e. The predicted octanol–water partition coefficient (Wildman–Crippen LogP) is 5.10. The van der Waals surface area contributed by atoms with Gasteiger partial charge in [0.15, 0.2) is 0 Å². The predicted molar refractivity (Wildman–Crippen MR) is 156 cm³/mol. The summed E-state index contributed by atoms with van der Waals surface area (Å²) in [4.78, 5) is 28.0. The number of carbonyl (C=O) groups is 1. The number of amides is 1. The maximum atomic E-state index is 14.0. The number of carbonyl (C=O) groups excluding carboxylic acids is 1. The van der Waals surface area contributed by atoms with Gasteiger partial charge in [0.2, 0.25) is 0 Å². The summed E-state index contributed by atoms with van der Waals surface area (Å²) in [5, 5.41) is 0. The number of likely N-dealkylation sites (N-methyl/N-ethyl adjacent to an activating group) is 1. The minimum absolute atomic E-state index is 0.140. The molecule has 0 spiro atoms. The number of likely N-dealkylation sites (tertiary alicyclic amines) is 2. The van der Waals surface area contributed by atoms with Crippen LogP contribution in [-0.2, 0) is 13.0 Å². The zero-order chi connectivity index (χ0) is 26.3. The Morgan fingerprint density at radius 1 is 0.842 bits per heavy atom. The highest BCUT2D eigenvalue weighted by Gasteiger charge is 2.32. The Kier molecular flexibility index (Phi) is 8.59. The van der Waals surface area contributed by atoms with Crippen LogP contribution in [0.2, 0.25) is 0 Å². The summed E-state index contributed by atoms with van der Waals surface area (Å²) in [6.45, 7) is 5.74. The molecule has 0 N–H and O–H groups in total. The Hall–Kier alpha value is -3.38. The summed E-state index contributed by atoms with van der Waals surface area (Å²) in [6.07, 6.45) is 5.66. The summed E-state index contributed by atoms with van der Waals surface area (Å²) in [5.41, 5.74) is 3.26. The van der Waals surface area contributed by atoms with E-state index in [0.717, 1.165) is 62.6 Å². The first kappa shape index (κ1) is 26.2. The van der Waals surface area contributed by atoms with Gasteiger partial charge in [-0.1, -0.05) is 60.7 Å². The van der Waals surface area contributed by atoms with E-state index in [1.807, 2.05) is 24.3 Å². The lowest BCUT2D eigenvalue weighted by Crippen LogP contribution is -2.42. The zero-order valence-corrected chi connectivity index (χ0v) is 22.9. The van der Waals surface area contributed by atoms with Crippen LogP contribution in [0.1, 0.15) is 47.2 Å². The van der Waals surface area contributed by atoms with Crippen molar-refractivity contribution in [3.8, 4) is 0 Å². The first-order valence-electron chi connectivity index (χ1n) is 14.1. The average molecular weight is 512 g/mol. The summed E-state index contributed by atoms with van der Waals surface area (Å²) < 4.78 is 0. The maximum absolute atomic E-state index is 14.0. The molecule has 2 aliphatic rings. The fraction of sp³-hybridized carbons (Fsp3) is 0.438. The number of anilines is 2. The second-order valence-electron chi connectivity index (χ2n) is 10.9. The van der Waals surface area contributed by atoms with Crippen molar-refractivity contribution >= 4 is 17.5 Å². The Morgan fingerprint density at radius 2 is 1.47 bits per heavy atom. The highest BCUT2D eigenvalue weighted by molar-refractivity contribution is 5.96. The van der Waals surface area contributed by atoms with Crippen LogP contribution >= 0.6 is 0 Å². The third-order valence-corrected chi connectivity index (χ3v) is 7.97. The van der Waals surface area contributed by atoms with E-state index >= 15 is 0 Å². The second-order valence-corrected chi connectivity index (χ2v) is 10.9. The van der Waals surface area contributed by atoms with Gasteiger partial charge < -0.3 is 19.6 Å². The summed E-state index contributed by atoms with van der Waals surface area (Å²) >= 11 is 0. The van der Waals surface area contributed by atoms with Gasteiger partial charge >= 0.3 is 0 Å². The van der Waals surface area contributed by atoms with Gasteiger partial charge in [0.1, 0.15) is 11.6 Å². The highest BCUT2D eigenvalue weighted by Crippen LogP contribution is 2.27. The third-order valence-electron chi connectivity index (χ3n) is 7.97. The molecule has 6 nitrogen and oxygen atoms in total. The van der Waals surface area contributed by atoms with Gasteiger partial charge in [-0.25, -0.2) is 4.98 Å². The fourth-order valence-electron chi connectivity index (χ4n) is 5.73. The van der Waals surface area contributed by atoms with Crippen LogP contribution in [-0.4, -0.2) is 73.6 Å². The molecule has 6 heteroatoms. The van der Waals surface area contributed by atoms with Crippen molar-refractivity contribution < 1.29 is 4.79 Å². The Balaban J connectivity index is 1.38. The molecule has 0 aliphatic carbocycles. The van der Waals surface area contributed by atoms with Crippen LogP contribution in [0.25, 0.3) is 0 Å². The molecule has 3 heterocycles. The number of pyridine rings is 1. The quantitative estimate of drug-likeness (QED) is 0.379. The topological polar surface area (TPSA) is 42.9 Å². The molecule has 3 aromatic rings. The molecule has 38 heavy (non-hydrogen) atoms. The lowest BCUT2D eigenvalue weighted by molar-refractivity contribution is 0.0708. The molecule has 2 fully saturated rings. The summed E-state index contributed by atoms with van der Waals surface area (Å²) in [6, 6.07) is 25.3. The molecular formula is C32H41N5O. The van der Waals surface area contributed by atoms with E-state index in [1.54, 1.807) is 0 Å². The molecule has 0 saturated carbocycles. The van der Waals surface area contributed by atoms with Crippen molar-refractivity contribution in [2.24, 2.45) is 0 Å². The molecule has 5 rings (SSSR count). The number of hydrogen-bond donors (Lipinski definition) is 0. The standard InChI is InChI=1S/C32H41N5O/c1-34(21-17-26-12-5-3-6-13-26)30-22-28(23-31(33-30)35(2)24-27-14-7-4-8-15-27)32(38)37-20-11-16-29(37)25-36-18-9-10-19-36/h3-8,12-15,22-23,29H,9-11,16-21,24-25H2,1-2H3/t29-/m0/s1. The number of nitrogens with zero attached hydrogens (tertiary/aromatic N) is 5. The molecule has 0 radical (unpaired) electrons. The van der Waals surface area contributed by atoms with Crippen LogP contribution in [0.3, 0.4) is 0 Å². The van der Waals surface area contributed by atoms with Gasteiger partial charge in [-0.05, 0) is 68.5 Å². The van der Waals surface area contributed by atoms with Crippen molar-refractivity contribution in [1.82, 2.24) is 14.8 Å². The second kappa shape index (κ2) is 12.4. The van der Waals surface area contributed by atoms with Crippen molar-refractivity contribution in [2.75, 3.05) is 56.6 Å². The first-order chi connectivity index (χ1) is 18.6. The van der Waals surface area contributed by atoms with E-state index in [9.17, 15) is 4.79 Å². The molecule has 0 bridgehead atoms. The Morgan fingerprint density at radius 3 is 2.16 bits per heavy atom. The number of rotatable bonds is 10. The molecule has 200 valence electrons. The number of benzene rings is 2. The normalized spacial score (nSPS) is 17.6. The molecular weight excluding hydrogens is 470 g/mol. The molecule has 1 amide bonds. The largest absolute Gasteiger partial charge is 0.359 e. The Labute approximate surface area is 227 Å². The fourth-order valence-corrected chi connectivity index (χ4v) is 5.73. The Bertz CT molecular complexity index is 1180. The first-order valence-corrected chi connectivity index (χ1v) is 14.1. The van der Waals surface area contributed by atoms with Crippen molar-refractivity contribution in [1.29, 1.82) is 0 Å². The van der Waals surface area contributed by atoms with Crippen molar-refractivity contribution in [2.45, 2.75) is 44.7 Å². The molecule has 1 aromatic heterocycles. The van der Waals surface area contributed by atoms with E-state index in [1.165, 1.54) is 37.1 Å². The minimum atomic E-state index is 0.140. The monoisotopic (exact) mass is 511 g/mol. The summed E-state index contributed by atoms with van der Waals surface area (Å²) in [5.74, 6) is 1.81. The van der Waals surface area contributed by atoms with Gasteiger partial charge in [-0.2, -0.15) is 0 Å². The SMILES string of the molecule is CN(CCc1ccccc1)c1cc(C(=O)N2CCC[C@H]2CN2CCCC2)cc(N(C)Cc2ccccc2)n1. The van der Waals surface area contributed by atoms with Crippen LogP contribution < -0.4 is 9.80 Å². The van der Waals surface area contributed by atoms with Crippen molar-refractivity contribution in [3.63, 3.8) is 0 Å². The van der Waals surface area contributed by atoms with Crippen LogP contribution in [0.5, 0.6) is 0 Å². The van der Waals surface area contributed by atoms with Gasteiger partial charge in [-0.15, -0.1) is 0 Å². The van der Waals surface area contributed by atoms with Crippen LogP contribution in [0, 0.1) is 0 Å². The van der Waals surface area contributed by atoms with Gasteiger partial charge in [-0.3, -0.25) is 4.79 Å². The molecule has 1 atom stereocenters. The lowest BCUT2D eigenvalue weighted by atomic mass is 10.1. The lowest BCUT2D eigenvalue weighted by Gasteiger charge is -2.29. The third kappa shape index (κ3) is 6.54. The molecule has 0 unspecified atom stereocenters. The van der Waals surface area contributed by atoms with Crippen LogP contribution in [0.15, 0.2) is 72.8 Å². The molecule has 2 aromatic carbocycles. The average Bonchev–Trinajstić information content (AvgIpc) is 3.65. The van der Waals surface area contributed by atoms with Gasteiger partial charge in [0.25, 0.3) is 5.91 Å². The number of aromatic nitrogens is 1. The van der Waals surface area contributed by atoms with Crippen LogP contribution in [0.4, 0.5) is 11.6 Å². The molecule has 2 aliphatic heterocycles. The van der Waals surface area contributed by atoms with Gasteiger partial charge in [0.05, 0.1) is 0 Å². The highest BCUT2D eigenvalue weighted by atomic mass is 16.2. The minimum Gasteiger partial charge on any atom is -0.359 e. The van der Waals surface area contributed by atoms with E-state index in [-0.39, 0.29) is 5.91 Å². The van der Waals surface area contributed by atoms with Crippen molar-refractivity contribution in [3.05, 3.63) is 89.5 Å². The number of hydrogen-bond acceptors (Lipinski definition) is 5. The zero-order valence-electron chi connectivity index (χ0n) is 22.9. The maximum Gasteiger partial charge on any atom is 0.254 e. The molecule has 2 saturated heterocycles. The van der Waals surface area contributed by atoms with E-state index in [0.29, 0.717) is 6.04 Å². The summed E-state index contributed by atoms with van der Waals surface area (Å²) in [7, 11) is 4.13.